The van der Waals surface area contributed by atoms with Gasteiger partial charge in [0.05, 0.1) is 5.71 Å². The molecule has 0 heterocycles. The van der Waals surface area contributed by atoms with Crippen LogP contribution in [0.1, 0.15) is 24.5 Å². The highest BCUT2D eigenvalue weighted by Crippen LogP contribution is 2.21. The fourth-order valence-corrected chi connectivity index (χ4v) is 1.67. The molecule has 2 rings (SSSR count). The van der Waals surface area contributed by atoms with Crippen LogP contribution in [0.5, 0.6) is 0 Å². The third-order valence-corrected chi connectivity index (χ3v) is 2.31. The van der Waals surface area contributed by atoms with E-state index in [0.717, 1.165) is 18.6 Å². The Labute approximate surface area is 82.8 Å². The van der Waals surface area contributed by atoms with Gasteiger partial charge in [0.25, 0.3) is 0 Å². The van der Waals surface area contributed by atoms with E-state index in [1.165, 1.54) is 18.1 Å². The van der Waals surface area contributed by atoms with E-state index in [0.29, 0.717) is 0 Å². The second-order valence-corrected chi connectivity index (χ2v) is 3.38. The van der Waals surface area contributed by atoms with Crippen molar-refractivity contribution in [2.45, 2.75) is 19.8 Å². The van der Waals surface area contributed by atoms with Crippen LogP contribution in [0.4, 0.5) is 0 Å². The summed E-state index contributed by atoms with van der Waals surface area (Å²) in [5.74, 6) is -0.123. The number of nitrogens with one attached hydrogen (secondary N) is 1. The van der Waals surface area contributed by atoms with Crippen LogP contribution in [-0.2, 0) is 11.2 Å². The van der Waals surface area contributed by atoms with E-state index in [1.54, 1.807) is 0 Å². The largest absolute Gasteiger partial charge is 0.274 e. The summed E-state index contributed by atoms with van der Waals surface area (Å²) in [5, 5.41) is 4.08. The number of fused-ring (bicyclic) bond motifs is 1. The molecule has 0 spiro atoms. The highest BCUT2D eigenvalue weighted by molar-refractivity contribution is 6.04. The van der Waals surface area contributed by atoms with Gasteiger partial charge in [-0.2, -0.15) is 5.10 Å². The summed E-state index contributed by atoms with van der Waals surface area (Å²) < 4.78 is 0. The zero-order valence-corrected chi connectivity index (χ0v) is 8.08. The molecule has 1 amide bonds. The zero-order chi connectivity index (χ0) is 9.97. The van der Waals surface area contributed by atoms with Crippen molar-refractivity contribution < 1.29 is 4.79 Å². The number of benzene rings is 1. The Kier molecular flexibility index (Phi) is 2.31. The first-order valence-electron chi connectivity index (χ1n) is 4.69. The van der Waals surface area contributed by atoms with Crippen molar-refractivity contribution in [1.82, 2.24) is 5.43 Å². The molecule has 1 aromatic rings. The predicted molar refractivity (Wildman–Crippen MR) is 55.1 cm³/mol. The Bertz CT molecular complexity index is 396. The van der Waals surface area contributed by atoms with Gasteiger partial charge in [-0.05, 0) is 18.4 Å². The van der Waals surface area contributed by atoms with Gasteiger partial charge >= 0.3 is 0 Å². The first-order valence-corrected chi connectivity index (χ1v) is 4.69. The SMILES string of the molecule is CC(=O)N/N=C1/CCc2ccccc21. The molecule has 1 aromatic carbocycles. The van der Waals surface area contributed by atoms with Crippen LogP contribution in [0, 0.1) is 0 Å². The van der Waals surface area contributed by atoms with E-state index >= 15 is 0 Å². The number of hydrogen-bond donors (Lipinski definition) is 1. The van der Waals surface area contributed by atoms with Crippen LogP contribution >= 0.6 is 0 Å². The highest BCUT2D eigenvalue weighted by atomic mass is 16.2. The molecule has 0 aromatic heterocycles. The third kappa shape index (κ3) is 1.66. The third-order valence-electron chi connectivity index (χ3n) is 2.31. The van der Waals surface area contributed by atoms with Crippen molar-refractivity contribution in [3.8, 4) is 0 Å². The van der Waals surface area contributed by atoms with Gasteiger partial charge in [-0.3, -0.25) is 4.79 Å². The molecular formula is C11H12N2O. The first-order chi connectivity index (χ1) is 6.77. The number of nitrogens with zero attached hydrogens (tertiary/aromatic N) is 1. The van der Waals surface area contributed by atoms with Crippen LogP contribution in [-0.4, -0.2) is 11.6 Å². The average molecular weight is 188 g/mol. The molecule has 0 fully saturated rings. The normalized spacial score (nSPS) is 16.8. The number of aryl methyl sites for hydroxylation is 1. The fourth-order valence-electron chi connectivity index (χ4n) is 1.67. The molecule has 0 saturated carbocycles. The van der Waals surface area contributed by atoms with Crippen molar-refractivity contribution in [3.63, 3.8) is 0 Å². The van der Waals surface area contributed by atoms with E-state index in [2.05, 4.69) is 16.6 Å². The molecule has 3 nitrogen and oxygen atoms in total. The molecule has 0 bridgehead atoms. The number of rotatable bonds is 1. The fraction of sp³-hybridized carbons (Fsp3) is 0.273. The summed E-state index contributed by atoms with van der Waals surface area (Å²) in [4.78, 5) is 10.7. The molecule has 0 radical (unpaired) electrons. The molecule has 0 atom stereocenters. The van der Waals surface area contributed by atoms with Gasteiger partial charge in [-0.25, -0.2) is 5.43 Å². The number of hydrazone groups is 1. The summed E-state index contributed by atoms with van der Waals surface area (Å²) in [7, 11) is 0. The van der Waals surface area contributed by atoms with Crippen molar-refractivity contribution in [2.75, 3.05) is 0 Å². The Hall–Kier alpha value is -1.64. The monoisotopic (exact) mass is 188 g/mol. The second kappa shape index (κ2) is 3.62. The average Bonchev–Trinajstić information content (AvgIpc) is 2.58. The quantitative estimate of drug-likeness (QED) is 0.666. The van der Waals surface area contributed by atoms with Gasteiger partial charge < -0.3 is 0 Å². The molecule has 3 heteroatoms. The summed E-state index contributed by atoms with van der Waals surface area (Å²) in [6.07, 6.45) is 1.94. The van der Waals surface area contributed by atoms with Crippen LogP contribution in [0.15, 0.2) is 29.4 Å². The van der Waals surface area contributed by atoms with Gasteiger partial charge in [-0.15, -0.1) is 0 Å². The van der Waals surface area contributed by atoms with Crippen LogP contribution in [0.2, 0.25) is 0 Å². The van der Waals surface area contributed by atoms with Gasteiger partial charge in [-0.1, -0.05) is 24.3 Å². The summed E-state index contributed by atoms with van der Waals surface area (Å²) >= 11 is 0. The minimum atomic E-state index is -0.123. The lowest BCUT2D eigenvalue weighted by Crippen LogP contribution is -2.15. The Balaban J connectivity index is 2.26. The molecule has 14 heavy (non-hydrogen) atoms. The molecule has 1 N–H and O–H groups in total. The van der Waals surface area contributed by atoms with Gasteiger partial charge in [0.1, 0.15) is 0 Å². The van der Waals surface area contributed by atoms with Gasteiger partial charge in [0, 0.05) is 12.5 Å². The van der Waals surface area contributed by atoms with E-state index in [-0.39, 0.29) is 5.91 Å². The number of hydrogen-bond acceptors (Lipinski definition) is 2. The summed E-state index contributed by atoms with van der Waals surface area (Å²) in [6.45, 7) is 1.46. The maximum atomic E-state index is 10.7. The maximum absolute atomic E-state index is 10.7. The second-order valence-electron chi connectivity index (χ2n) is 3.38. The van der Waals surface area contributed by atoms with Crippen LogP contribution < -0.4 is 5.43 Å². The molecule has 0 unspecified atom stereocenters. The number of carbonyl (C=O) groups is 1. The smallest absolute Gasteiger partial charge is 0.236 e. The van der Waals surface area contributed by atoms with Crippen molar-refractivity contribution in [3.05, 3.63) is 35.4 Å². The van der Waals surface area contributed by atoms with Crippen LogP contribution in [0.3, 0.4) is 0 Å². The molecule has 0 saturated heterocycles. The lowest BCUT2D eigenvalue weighted by atomic mass is 10.1. The zero-order valence-electron chi connectivity index (χ0n) is 8.08. The minimum Gasteiger partial charge on any atom is -0.274 e. The van der Waals surface area contributed by atoms with Crippen LogP contribution in [0.25, 0.3) is 0 Å². The van der Waals surface area contributed by atoms with Crippen molar-refractivity contribution >= 4 is 11.6 Å². The van der Waals surface area contributed by atoms with E-state index in [1.807, 2.05) is 18.2 Å². The number of amides is 1. The minimum absolute atomic E-state index is 0.123. The summed E-state index contributed by atoms with van der Waals surface area (Å²) in [5.41, 5.74) is 5.94. The maximum Gasteiger partial charge on any atom is 0.236 e. The molecule has 0 aliphatic heterocycles. The lowest BCUT2D eigenvalue weighted by molar-refractivity contribution is -0.118. The Morgan fingerprint density at radius 3 is 2.93 bits per heavy atom. The van der Waals surface area contributed by atoms with Crippen molar-refractivity contribution in [2.24, 2.45) is 5.10 Å². The molecular weight excluding hydrogens is 176 g/mol. The Morgan fingerprint density at radius 2 is 2.14 bits per heavy atom. The standard InChI is InChI=1S/C11H12N2O/c1-8(14)12-13-11-7-6-9-4-2-3-5-10(9)11/h2-5H,6-7H2,1H3,(H,12,14)/b13-11-. The molecule has 1 aliphatic rings. The first kappa shape index (κ1) is 8.94. The van der Waals surface area contributed by atoms with Gasteiger partial charge in [0.2, 0.25) is 5.91 Å². The molecule has 1 aliphatic carbocycles. The van der Waals surface area contributed by atoms with E-state index in [4.69, 9.17) is 0 Å². The number of carbonyl (C=O) groups excluding carboxylic acids is 1. The highest BCUT2D eigenvalue weighted by Gasteiger charge is 2.16. The predicted octanol–water partition coefficient (Wildman–Crippen LogP) is 1.47. The topological polar surface area (TPSA) is 41.5 Å². The summed E-state index contributed by atoms with van der Waals surface area (Å²) in [6, 6.07) is 8.17. The van der Waals surface area contributed by atoms with Gasteiger partial charge in [0.15, 0.2) is 0 Å². The Morgan fingerprint density at radius 1 is 1.36 bits per heavy atom. The van der Waals surface area contributed by atoms with Crippen molar-refractivity contribution in [1.29, 1.82) is 0 Å². The lowest BCUT2D eigenvalue weighted by Gasteiger charge is -1.99. The van der Waals surface area contributed by atoms with E-state index < -0.39 is 0 Å². The molecule has 72 valence electrons. The van der Waals surface area contributed by atoms with E-state index in [9.17, 15) is 4.79 Å².